The van der Waals surface area contributed by atoms with Crippen LogP contribution < -0.4 is 0 Å². The Morgan fingerprint density at radius 2 is 2.00 bits per heavy atom. The van der Waals surface area contributed by atoms with Crippen LogP contribution in [0.15, 0.2) is 41.8 Å². The van der Waals surface area contributed by atoms with Crippen LogP contribution in [0.1, 0.15) is 29.3 Å². The van der Waals surface area contributed by atoms with Crippen molar-refractivity contribution in [2.75, 3.05) is 5.75 Å². The number of ketones is 1. The molecule has 0 N–H and O–H groups in total. The van der Waals surface area contributed by atoms with E-state index in [0.717, 1.165) is 34.5 Å². The lowest BCUT2D eigenvalue weighted by atomic mass is 10.1. The summed E-state index contributed by atoms with van der Waals surface area (Å²) >= 11 is 1.43. The third-order valence-electron chi connectivity index (χ3n) is 3.65. The highest BCUT2D eigenvalue weighted by molar-refractivity contribution is 8.00. The second-order valence-corrected chi connectivity index (χ2v) is 6.31. The van der Waals surface area contributed by atoms with E-state index in [1.54, 1.807) is 10.9 Å². The molecule has 1 aromatic carbocycles. The van der Waals surface area contributed by atoms with E-state index in [0.29, 0.717) is 5.75 Å². The maximum atomic E-state index is 12.3. The minimum atomic E-state index is 0.105. The predicted octanol–water partition coefficient (Wildman–Crippen LogP) is 3.29. The van der Waals surface area contributed by atoms with E-state index in [1.807, 2.05) is 31.3 Å². The number of aromatic nitrogens is 4. The van der Waals surface area contributed by atoms with E-state index in [4.69, 9.17) is 0 Å². The van der Waals surface area contributed by atoms with Gasteiger partial charge in [0.05, 0.1) is 17.3 Å². The molecule has 0 saturated heterocycles. The average Bonchev–Trinajstić information content (AvgIpc) is 2.96. The van der Waals surface area contributed by atoms with Gasteiger partial charge in [0.2, 0.25) is 0 Å². The number of benzene rings is 1. The molecular formula is C17H18N4OS. The third kappa shape index (κ3) is 3.42. The van der Waals surface area contributed by atoms with Crippen LogP contribution in [-0.2, 0) is 13.5 Å². The van der Waals surface area contributed by atoms with Gasteiger partial charge in [0.15, 0.2) is 11.4 Å². The molecule has 0 aliphatic heterocycles. The first-order valence-electron chi connectivity index (χ1n) is 7.56. The monoisotopic (exact) mass is 326 g/mol. The highest BCUT2D eigenvalue weighted by atomic mass is 32.2. The Kier molecular flexibility index (Phi) is 4.71. The highest BCUT2D eigenvalue weighted by Crippen LogP contribution is 2.24. The first kappa shape index (κ1) is 15.7. The van der Waals surface area contributed by atoms with Crippen LogP contribution >= 0.6 is 11.8 Å². The second-order valence-electron chi connectivity index (χ2n) is 5.34. The lowest BCUT2D eigenvalue weighted by Gasteiger charge is -2.04. The molecule has 0 spiro atoms. The van der Waals surface area contributed by atoms with E-state index >= 15 is 0 Å². The maximum Gasteiger partial charge on any atom is 0.173 e. The molecule has 3 aromatic rings. The molecule has 0 unspecified atom stereocenters. The van der Waals surface area contributed by atoms with Gasteiger partial charge < -0.3 is 0 Å². The van der Waals surface area contributed by atoms with Crippen molar-refractivity contribution < 1.29 is 4.79 Å². The van der Waals surface area contributed by atoms with Crippen LogP contribution in [0.25, 0.3) is 11.0 Å². The summed E-state index contributed by atoms with van der Waals surface area (Å²) in [7, 11) is 1.84. The molecule has 0 radical (unpaired) electrons. The lowest BCUT2D eigenvalue weighted by molar-refractivity contribution is 0.102. The lowest BCUT2D eigenvalue weighted by Crippen LogP contribution is -2.03. The smallest absolute Gasteiger partial charge is 0.173 e. The number of carbonyl (C=O) groups is 1. The largest absolute Gasteiger partial charge is 0.293 e. The van der Waals surface area contributed by atoms with Crippen molar-refractivity contribution >= 4 is 28.6 Å². The van der Waals surface area contributed by atoms with Gasteiger partial charge in [-0.1, -0.05) is 49.4 Å². The van der Waals surface area contributed by atoms with Crippen LogP contribution in [0.3, 0.4) is 0 Å². The van der Waals surface area contributed by atoms with Crippen LogP contribution in [0.4, 0.5) is 0 Å². The fourth-order valence-corrected chi connectivity index (χ4v) is 3.27. The Labute approximate surface area is 139 Å². The van der Waals surface area contributed by atoms with E-state index in [2.05, 4.69) is 22.0 Å². The zero-order chi connectivity index (χ0) is 16.2. The summed E-state index contributed by atoms with van der Waals surface area (Å²) in [4.78, 5) is 20.8. The molecule has 0 aliphatic carbocycles. The molecular weight excluding hydrogens is 308 g/mol. The quantitative estimate of drug-likeness (QED) is 0.395. The fraction of sp³-hybridized carbons (Fsp3) is 0.294. The van der Waals surface area contributed by atoms with Crippen LogP contribution in [0, 0.1) is 0 Å². The number of rotatable bonds is 6. The number of hydrogen-bond donors (Lipinski definition) is 0. The predicted molar refractivity (Wildman–Crippen MR) is 91.8 cm³/mol. The Bertz CT molecular complexity index is 826. The first-order chi connectivity index (χ1) is 11.2. The maximum absolute atomic E-state index is 12.3. The summed E-state index contributed by atoms with van der Waals surface area (Å²) in [6.45, 7) is 2.15. The number of fused-ring (bicyclic) bond motifs is 1. The van der Waals surface area contributed by atoms with Gasteiger partial charge in [-0.25, -0.2) is 9.97 Å². The van der Waals surface area contributed by atoms with Gasteiger partial charge in [0.1, 0.15) is 11.4 Å². The van der Waals surface area contributed by atoms with Gasteiger partial charge in [0.25, 0.3) is 0 Å². The summed E-state index contributed by atoms with van der Waals surface area (Å²) in [5.41, 5.74) is 2.79. The van der Waals surface area contributed by atoms with Crippen molar-refractivity contribution in [3.8, 4) is 0 Å². The molecule has 118 valence electrons. The minimum absolute atomic E-state index is 0.105. The van der Waals surface area contributed by atoms with Gasteiger partial charge in [-0.2, -0.15) is 5.10 Å². The molecule has 2 aromatic heterocycles. The molecule has 0 saturated carbocycles. The van der Waals surface area contributed by atoms with Crippen molar-refractivity contribution in [3.05, 3.63) is 47.9 Å². The molecule has 0 aliphatic rings. The number of carbonyl (C=O) groups excluding carboxylic acids is 1. The normalized spacial score (nSPS) is 11.0. The van der Waals surface area contributed by atoms with Crippen LogP contribution in [0.5, 0.6) is 0 Å². The SMILES string of the molecule is CCCc1ccc(C(=O)CSc2ncnc3c2cnn3C)cc1. The number of hydrogen-bond acceptors (Lipinski definition) is 5. The standard InChI is InChI=1S/C17H18N4OS/c1-3-4-12-5-7-13(8-6-12)15(22)10-23-17-14-9-20-21(2)16(14)18-11-19-17/h5-9,11H,3-4,10H2,1-2H3. The molecule has 3 rings (SSSR count). The van der Waals surface area contributed by atoms with Crippen molar-refractivity contribution in [1.82, 2.24) is 19.7 Å². The van der Waals surface area contributed by atoms with Gasteiger partial charge >= 0.3 is 0 Å². The molecule has 23 heavy (non-hydrogen) atoms. The highest BCUT2D eigenvalue weighted by Gasteiger charge is 2.12. The molecule has 0 bridgehead atoms. The Morgan fingerprint density at radius 3 is 2.74 bits per heavy atom. The van der Waals surface area contributed by atoms with Crippen molar-refractivity contribution in [2.24, 2.45) is 7.05 Å². The number of nitrogens with zero attached hydrogens (tertiary/aromatic N) is 4. The summed E-state index contributed by atoms with van der Waals surface area (Å²) in [6.07, 6.45) is 5.40. The van der Waals surface area contributed by atoms with Gasteiger partial charge in [-0.05, 0) is 12.0 Å². The molecule has 2 heterocycles. The summed E-state index contributed by atoms with van der Waals surface area (Å²) in [5.74, 6) is 0.461. The van der Waals surface area contributed by atoms with E-state index < -0.39 is 0 Å². The second kappa shape index (κ2) is 6.91. The van der Waals surface area contributed by atoms with E-state index in [-0.39, 0.29) is 5.78 Å². The van der Waals surface area contributed by atoms with E-state index in [9.17, 15) is 4.79 Å². The molecule has 0 atom stereocenters. The number of thioether (sulfide) groups is 1. The summed E-state index contributed by atoms with van der Waals surface area (Å²) in [5, 5.41) is 5.86. The minimum Gasteiger partial charge on any atom is -0.293 e. The summed E-state index contributed by atoms with van der Waals surface area (Å²) in [6, 6.07) is 7.89. The van der Waals surface area contributed by atoms with Gasteiger partial charge in [-0.15, -0.1) is 0 Å². The van der Waals surface area contributed by atoms with Gasteiger partial charge in [-0.3, -0.25) is 9.48 Å². The van der Waals surface area contributed by atoms with Gasteiger partial charge in [0, 0.05) is 12.6 Å². The molecule has 0 fully saturated rings. The Morgan fingerprint density at radius 1 is 1.22 bits per heavy atom. The third-order valence-corrected chi connectivity index (χ3v) is 4.65. The summed E-state index contributed by atoms with van der Waals surface area (Å²) < 4.78 is 1.70. The van der Waals surface area contributed by atoms with Crippen molar-refractivity contribution in [1.29, 1.82) is 0 Å². The molecule has 5 nitrogen and oxygen atoms in total. The zero-order valence-electron chi connectivity index (χ0n) is 13.2. The Balaban J connectivity index is 1.70. The van der Waals surface area contributed by atoms with Crippen LogP contribution in [-0.4, -0.2) is 31.3 Å². The zero-order valence-corrected chi connectivity index (χ0v) is 14.0. The van der Waals surface area contributed by atoms with E-state index in [1.165, 1.54) is 23.7 Å². The topological polar surface area (TPSA) is 60.7 Å². The van der Waals surface area contributed by atoms with Crippen LogP contribution in [0.2, 0.25) is 0 Å². The molecule has 6 heteroatoms. The van der Waals surface area contributed by atoms with Crippen molar-refractivity contribution in [2.45, 2.75) is 24.8 Å². The first-order valence-corrected chi connectivity index (χ1v) is 8.55. The Hall–Kier alpha value is -2.21. The van der Waals surface area contributed by atoms with Crippen molar-refractivity contribution in [3.63, 3.8) is 0 Å². The average molecular weight is 326 g/mol. The fourth-order valence-electron chi connectivity index (χ4n) is 2.42. The number of Topliss-reactive ketones (excluding diaryl/α,β-unsaturated/α-hetero) is 1. The number of aryl methyl sites for hydroxylation is 2. The molecule has 0 amide bonds.